The lowest BCUT2D eigenvalue weighted by molar-refractivity contribution is -0.127. The van der Waals surface area contributed by atoms with Gasteiger partial charge in [-0.15, -0.1) is 0 Å². The van der Waals surface area contributed by atoms with Crippen LogP contribution >= 0.6 is 0 Å². The number of hydrogen-bond donors (Lipinski definition) is 2. The maximum Gasteiger partial charge on any atom is 0.329 e. The van der Waals surface area contributed by atoms with Gasteiger partial charge < -0.3 is 15.1 Å². The Bertz CT molecular complexity index is 840. The molecule has 2 heterocycles. The van der Waals surface area contributed by atoms with Crippen LogP contribution in [0.2, 0.25) is 0 Å². The van der Waals surface area contributed by atoms with Gasteiger partial charge in [0.2, 0.25) is 5.91 Å². The molecule has 1 fully saturated rings. The van der Waals surface area contributed by atoms with Gasteiger partial charge >= 0.3 is 6.03 Å². The minimum Gasteiger partial charge on any atom is -0.472 e. The van der Waals surface area contributed by atoms with Gasteiger partial charge in [0.05, 0.1) is 12.5 Å². The first kappa shape index (κ1) is 16.5. The Kier molecular flexibility index (Phi) is 4.65. The molecule has 0 saturated carbocycles. The topological polar surface area (TPSA) is 91.7 Å². The maximum absolute atomic E-state index is 12.3. The lowest BCUT2D eigenvalue weighted by atomic mass is 10.1. The van der Waals surface area contributed by atoms with E-state index in [2.05, 4.69) is 10.6 Å². The number of anilines is 1. The van der Waals surface area contributed by atoms with Gasteiger partial charge in [-0.1, -0.05) is 25.1 Å². The van der Waals surface area contributed by atoms with Crippen molar-refractivity contribution in [3.05, 3.63) is 59.7 Å². The molecule has 1 aliphatic rings. The Morgan fingerprint density at radius 3 is 2.80 bits per heavy atom. The van der Waals surface area contributed by atoms with E-state index in [0.717, 1.165) is 16.9 Å². The molecule has 1 aromatic carbocycles. The van der Waals surface area contributed by atoms with Crippen LogP contribution in [0.3, 0.4) is 0 Å². The van der Waals surface area contributed by atoms with E-state index in [1.807, 2.05) is 25.1 Å². The number of carbonyl (C=O) groups is 3. The molecule has 2 N–H and O–H groups in total. The molecule has 1 aromatic heterocycles. The van der Waals surface area contributed by atoms with Crippen molar-refractivity contribution < 1.29 is 18.8 Å². The Labute approximate surface area is 144 Å². The van der Waals surface area contributed by atoms with Crippen molar-refractivity contribution in [3.63, 3.8) is 0 Å². The first-order valence-corrected chi connectivity index (χ1v) is 7.83. The number of benzene rings is 1. The van der Waals surface area contributed by atoms with Gasteiger partial charge in [-0.2, -0.15) is 0 Å². The summed E-state index contributed by atoms with van der Waals surface area (Å²) < 4.78 is 4.92. The van der Waals surface area contributed by atoms with Crippen molar-refractivity contribution in [2.24, 2.45) is 0 Å². The van der Waals surface area contributed by atoms with E-state index in [1.165, 1.54) is 18.6 Å². The zero-order valence-corrected chi connectivity index (χ0v) is 13.6. The number of nitrogens with zero attached hydrogens (tertiary/aromatic N) is 1. The van der Waals surface area contributed by atoms with E-state index < -0.39 is 17.8 Å². The summed E-state index contributed by atoms with van der Waals surface area (Å²) in [5.41, 5.74) is 2.41. The monoisotopic (exact) mass is 339 g/mol. The van der Waals surface area contributed by atoms with Gasteiger partial charge in [0.25, 0.3) is 5.91 Å². The average molecular weight is 339 g/mol. The molecule has 4 amide bonds. The number of imide groups is 1. The predicted octanol–water partition coefficient (Wildman–Crippen LogP) is 2.37. The number of hydrogen-bond acceptors (Lipinski definition) is 4. The zero-order chi connectivity index (χ0) is 17.8. The van der Waals surface area contributed by atoms with E-state index >= 15 is 0 Å². The summed E-state index contributed by atoms with van der Waals surface area (Å²) >= 11 is 0. The van der Waals surface area contributed by atoms with E-state index in [4.69, 9.17) is 4.42 Å². The molecular formula is C18H17N3O4. The minimum atomic E-state index is -0.626. The van der Waals surface area contributed by atoms with Crippen LogP contribution in [-0.2, 0) is 16.0 Å². The van der Waals surface area contributed by atoms with Gasteiger partial charge in [0.15, 0.2) is 0 Å². The van der Waals surface area contributed by atoms with E-state index in [0.29, 0.717) is 11.3 Å². The van der Waals surface area contributed by atoms with E-state index in [9.17, 15) is 14.4 Å². The van der Waals surface area contributed by atoms with Crippen molar-refractivity contribution >= 4 is 29.6 Å². The summed E-state index contributed by atoms with van der Waals surface area (Å²) in [7, 11) is 0. The number of urea groups is 1. The first-order chi connectivity index (χ1) is 12.1. The highest BCUT2D eigenvalue weighted by Gasteiger charge is 2.35. The van der Waals surface area contributed by atoms with Gasteiger partial charge in [0, 0.05) is 11.3 Å². The van der Waals surface area contributed by atoms with Crippen LogP contribution in [0.5, 0.6) is 0 Å². The highest BCUT2D eigenvalue weighted by atomic mass is 16.3. The number of nitrogens with one attached hydrogen (secondary N) is 2. The number of carbonyl (C=O) groups excluding carboxylic acids is 3. The lowest BCUT2D eigenvalue weighted by Gasteiger charge is -2.13. The second-order valence-electron chi connectivity index (χ2n) is 5.50. The van der Waals surface area contributed by atoms with Crippen molar-refractivity contribution in [3.8, 4) is 0 Å². The summed E-state index contributed by atoms with van der Waals surface area (Å²) in [6.07, 6.45) is 5.17. The fraction of sp³-hybridized carbons (Fsp3) is 0.167. The molecule has 3 rings (SSSR count). The normalized spacial score (nSPS) is 15.6. The molecule has 0 spiro atoms. The van der Waals surface area contributed by atoms with Gasteiger partial charge in [0.1, 0.15) is 12.2 Å². The number of furan rings is 1. The van der Waals surface area contributed by atoms with E-state index in [-0.39, 0.29) is 12.2 Å². The van der Waals surface area contributed by atoms with Crippen LogP contribution in [-0.4, -0.2) is 29.3 Å². The molecule has 1 saturated heterocycles. The van der Waals surface area contributed by atoms with Gasteiger partial charge in [-0.05, 0) is 30.2 Å². The molecule has 7 nitrogen and oxygen atoms in total. The van der Waals surface area contributed by atoms with Crippen molar-refractivity contribution in [1.29, 1.82) is 0 Å². The number of amides is 4. The molecule has 0 bridgehead atoms. The lowest BCUT2D eigenvalue weighted by Crippen LogP contribution is -2.38. The van der Waals surface area contributed by atoms with Gasteiger partial charge in [-0.3, -0.25) is 9.59 Å². The molecule has 0 radical (unpaired) electrons. The van der Waals surface area contributed by atoms with Crippen LogP contribution in [0.25, 0.3) is 6.08 Å². The molecule has 0 aliphatic carbocycles. The Hall–Kier alpha value is -3.35. The van der Waals surface area contributed by atoms with Crippen LogP contribution in [0.4, 0.5) is 10.5 Å². The molecule has 1 aliphatic heterocycles. The predicted molar refractivity (Wildman–Crippen MR) is 91.4 cm³/mol. The third-order valence-corrected chi connectivity index (χ3v) is 3.79. The van der Waals surface area contributed by atoms with Crippen LogP contribution < -0.4 is 10.6 Å². The standard InChI is InChI=1S/C18H17N3O4/c1-2-13-5-3-4-6-14(13)19-16(22)10-21-17(23)15(20-18(21)24)9-12-7-8-25-11-12/h3-9,11H,2,10H2,1H3,(H,19,22)(H,20,24)/b15-9+. The van der Waals surface area contributed by atoms with Crippen molar-refractivity contribution in [2.75, 3.05) is 11.9 Å². The maximum atomic E-state index is 12.3. The molecular weight excluding hydrogens is 322 g/mol. The number of rotatable bonds is 5. The highest BCUT2D eigenvalue weighted by Crippen LogP contribution is 2.17. The second kappa shape index (κ2) is 7.04. The van der Waals surface area contributed by atoms with Crippen LogP contribution in [0, 0.1) is 0 Å². The molecule has 2 aromatic rings. The highest BCUT2D eigenvalue weighted by molar-refractivity contribution is 6.15. The summed E-state index contributed by atoms with van der Waals surface area (Å²) in [5, 5.41) is 5.20. The zero-order valence-electron chi connectivity index (χ0n) is 13.6. The summed E-state index contributed by atoms with van der Waals surface area (Å²) in [5.74, 6) is -0.987. The molecule has 25 heavy (non-hydrogen) atoms. The smallest absolute Gasteiger partial charge is 0.329 e. The molecule has 7 heteroatoms. The molecule has 128 valence electrons. The van der Waals surface area contributed by atoms with E-state index in [1.54, 1.807) is 12.1 Å². The minimum absolute atomic E-state index is 0.105. The molecule has 0 unspecified atom stereocenters. The quantitative estimate of drug-likeness (QED) is 0.646. The average Bonchev–Trinajstić information content (AvgIpc) is 3.20. The van der Waals surface area contributed by atoms with Crippen LogP contribution in [0.15, 0.2) is 53.0 Å². The Morgan fingerprint density at radius 1 is 1.28 bits per heavy atom. The number of para-hydroxylation sites is 1. The Morgan fingerprint density at radius 2 is 2.08 bits per heavy atom. The SMILES string of the molecule is CCc1ccccc1NC(=O)CN1C(=O)N/C(=C/c2ccoc2)C1=O. The summed E-state index contributed by atoms with van der Waals surface area (Å²) in [4.78, 5) is 37.4. The van der Waals surface area contributed by atoms with Gasteiger partial charge in [-0.25, -0.2) is 9.69 Å². The second-order valence-corrected chi connectivity index (χ2v) is 5.50. The summed E-state index contributed by atoms with van der Waals surface area (Å²) in [6, 6.07) is 8.43. The molecule has 0 atom stereocenters. The van der Waals surface area contributed by atoms with Crippen molar-refractivity contribution in [1.82, 2.24) is 10.2 Å². The Balaban J connectivity index is 1.69. The third-order valence-electron chi connectivity index (χ3n) is 3.79. The van der Waals surface area contributed by atoms with Crippen molar-refractivity contribution in [2.45, 2.75) is 13.3 Å². The largest absolute Gasteiger partial charge is 0.472 e. The first-order valence-electron chi connectivity index (χ1n) is 7.83. The fourth-order valence-electron chi connectivity index (χ4n) is 2.52. The third kappa shape index (κ3) is 3.60. The summed E-state index contributed by atoms with van der Waals surface area (Å²) in [6.45, 7) is 1.63. The fourth-order valence-corrected chi connectivity index (χ4v) is 2.52. The van der Waals surface area contributed by atoms with Crippen LogP contribution in [0.1, 0.15) is 18.1 Å². The number of aryl methyl sites for hydroxylation is 1.